The molecule has 32 heavy (non-hydrogen) atoms. The van der Waals surface area contributed by atoms with E-state index in [1.54, 1.807) is 0 Å². The van der Waals surface area contributed by atoms with E-state index in [1.807, 2.05) is 0 Å². The second-order valence-electron chi connectivity index (χ2n) is 6.17. The van der Waals surface area contributed by atoms with Crippen LogP contribution < -0.4 is 5.32 Å². The molecule has 0 unspecified atom stereocenters. The lowest BCUT2D eigenvalue weighted by Gasteiger charge is -2.40. The van der Waals surface area contributed by atoms with Gasteiger partial charge in [-0.1, -0.05) is 0 Å². The zero-order valence-electron chi connectivity index (χ0n) is 14.8. The number of hydrogen-bond acceptors (Lipinski definition) is 4. The Morgan fingerprint density at radius 1 is 0.719 bits per heavy atom. The molecule has 0 saturated heterocycles. The van der Waals surface area contributed by atoms with Crippen molar-refractivity contribution in [3.63, 3.8) is 0 Å². The van der Waals surface area contributed by atoms with Gasteiger partial charge >= 0.3 is 47.7 Å². The lowest BCUT2D eigenvalue weighted by molar-refractivity contribution is -0.444. The minimum atomic E-state index is -8.14. The summed E-state index contributed by atoms with van der Waals surface area (Å²) in [6.45, 7) is -2.14. The van der Waals surface area contributed by atoms with Crippen molar-refractivity contribution in [1.82, 2.24) is 5.32 Å². The van der Waals surface area contributed by atoms with Crippen molar-refractivity contribution < 1.29 is 82.0 Å². The third kappa shape index (κ3) is 5.12. The number of hydrogen-bond donors (Lipinski definition) is 4. The Balaban J connectivity index is 5.91. The van der Waals surface area contributed by atoms with Crippen molar-refractivity contribution >= 4 is 11.9 Å². The third-order valence-corrected chi connectivity index (χ3v) is 3.88. The van der Waals surface area contributed by atoms with E-state index in [4.69, 9.17) is 15.3 Å². The highest BCUT2D eigenvalue weighted by atomic mass is 19.4. The Morgan fingerprint density at radius 2 is 1.12 bits per heavy atom. The van der Waals surface area contributed by atoms with Crippen LogP contribution in [-0.2, 0) is 9.59 Å². The van der Waals surface area contributed by atoms with Gasteiger partial charge in [0.25, 0.3) is 0 Å². The van der Waals surface area contributed by atoms with Crippen LogP contribution in [0.5, 0.6) is 0 Å². The average molecular weight is 509 g/mol. The van der Waals surface area contributed by atoms with Gasteiger partial charge in [0.15, 0.2) is 0 Å². The Morgan fingerprint density at radius 3 is 1.47 bits per heavy atom. The first kappa shape index (κ1) is 29.9. The molecule has 0 rings (SSSR count). The monoisotopic (exact) mass is 509 g/mol. The van der Waals surface area contributed by atoms with Crippen LogP contribution >= 0.6 is 0 Å². The quantitative estimate of drug-likeness (QED) is 0.302. The van der Waals surface area contributed by atoms with E-state index in [0.29, 0.717) is 0 Å². The lowest BCUT2D eigenvalue weighted by atomic mass is 9.91. The molecule has 4 N–H and O–H groups in total. The molecule has 0 aromatic carbocycles. The zero-order chi connectivity index (χ0) is 26.1. The summed E-state index contributed by atoms with van der Waals surface area (Å²) in [6.07, 6.45) is -13.8. The predicted molar refractivity (Wildman–Crippen MR) is 73.1 cm³/mol. The first-order valence-electron chi connectivity index (χ1n) is 7.71. The van der Waals surface area contributed by atoms with Gasteiger partial charge in [-0.15, -0.1) is 0 Å². The fraction of sp³-hybridized carbons (Fsp3) is 0.846. The molecular formula is C13H12F13NO5. The van der Waals surface area contributed by atoms with Crippen LogP contribution in [0.15, 0.2) is 0 Å². The molecule has 0 heterocycles. The van der Waals surface area contributed by atoms with E-state index in [2.05, 4.69) is 0 Å². The fourth-order valence-corrected chi connectivity index (χ4v) is 1.95. The van der Waals surface area contributed by atoms with Crippen LogP contribution in [0.1, 0.15) is 12.8 Å². The Hall–Kier alpha value is -2.05. The molecule has 6 nitrogen and oxygen atoms in total. The molecule has 0 aliphatic carbocycles. The van der Waals surface area contributed by atoms with Crippen LogP contribution in [0.3, 0.4) is 0 Å². The van der Waals surface area contributed by atoms with Crippen molar-refractivity contribution in [2.75, 3.05) is 6.54 Å². The van der Waals surface area contributed by atoms with Gasteiger partial charge in [0, 0.05) is 13.0 Å². The summed E-state index contributed by atoms with van der Waals surface area (Å²) in [4.78, 5) is 21.1. The summed E-state index contributed by atoms with van der Waals surface area (Å²) in [7, 11) is 0. The van der Waals surface area contributed by atoms with Gasteiger partial charge in [-0.25, -0.2) is 0 Å². The SMILES string of the molecule is O=C(O)CC[C@H](NC[C@H](O)C(F)(F)C(F)(F)C(F)(F)C(F)(F)C(F)(F)C(F)(F)F)C(=O)O. The number of nitrogens with one attached hydrogen (secondary N) is 1. The van der Waals surface area contributed by atoms with Gasteiger partial charge < -0.3 is 20.6 Å². The molecule has 0 amide bonds. The maximum Gasteiger partial charge on any atom is 0.460 e. The number of carbonyl (C=O) groups is 2. The highest BCUT2D eigenvalue weighted by molar-refractivity contribution is 5.75. The van der Waals surface area contributed by atoms with E-state index in [9.17, 15) is 66.7 Å². The topological polar surface area (TPSA) is 107 Å². The van der Waals surface area contributed by atoms with Crippen LogP contribution in [0.2, 0.25) is 0 Å². The molecule has 0 radical (unpaired) electrons. The highest BCUT2D eigenvalue weighted by Crippen LogP contribution is 2.60. The van der Waals surface area contributed by atoms with Crippen LogP contribution in [-0.4, -0.2) is 81.7 Å². The molecule has 0 aromatic heterocycles. The molecule has 0 aliphatic rings. The van der Waals surface area contributed by atoms with E-state index >= 15 is 0 Å². The molecule has 0 aromatic rings. The minimum absolute atomic E-state index is 0.953. The van der Waals surface area contributed by atoms with Crippen molar-refractivity contribution in [2.45, 2.75) is 60.8 Å². The summed E-state index contributed by atoms with van der Waals surface area (Å²) >= 11 is 0. The molecular weight excluding hydrogens is 497 g/mol. The Bertz CT molecular complexity index is 694. The summed E-state index contributed by atoms with van der Waals surface area (Å²) < 4.78 is 169. The molecule has 2 atom stereocenters. The maximum atomic E-state index is 13.7. The normalized spacial score (nSPS) is 16.6. The van der Waals surface area contributed by atoms with Gasteiger partial charge in [0.1, 0.15) is 12.1 Å². The summed E-state index contributed by atoms with van der Waals surface area (Å²) in [5.74, 6) is -42.4. The van der Waals surface area contributed by atoms with Crippen molar-refractivity contribution in [3.8, 4) is 0 Å². The van der Waals surface area contributed by atoms with Crippen LogP contribution in [0.25, 0.3) is 0 Å². The molecule has 0 bridgehead atoms. The largest absolute Gasteiger partial charge is 0.481 e. The van der Waals surface area contributed by atoms with Gasteiger partial charge in [-0.2, -0.15) is 57.1 Å². The molecule has 190 valence electrons. The number of aliphatic carboxylic acids is 2. The maximum absolute atomic E-state index is 13.7. The highest BCUT2D eigenvalue weighted by Gasteiger charge is 2.91. The lowest BCUT2D eigenvalue weighted by Crippen LogP contribution is -2.72. The van der Waals surface area contributed by atoms with Gasteiger partial charge in [0.2, 0.25) is 0 Å². The number of aliphatic hydroxyl groups is 1. The first-order chi connectivity index (χ1) is 13.9. The van der Waals surface area contributed by atoms with E-state index in [-0.39, 0.29) is 0 Å². The number of carboxylic acid groups (broad SMARTS) is 2. The van der Waals surface area contributed by atoms with E-state index in [1.165, 1.54) is 5.32 Å². The second kappa shape index (κ2) is 9.06. The second-order valence-corrected chi connectivity index (χ2v) is 6.17. The Labute approximate surface area is 168 Å². The van der Waals surface area contributed by atoms with Crippen LogP contribution in [0, 0.1) is 0 Å². The molecule has 19 heteroatoms. The van der Waals surface area contributed by atoms with E-state index in [0.717, 1.165) is 0 Å². The van der Waals surface area contributed by atoms with E-state index < -0.39 is 79.3 Å². The zero-order valence-corrected chi connectivity index (χ0v) is 14.8. The smallest absolute Gasteiger partial charge is 0.460 e. The number of rotatable bonds is 12. The third-order valence-electron chi connectivity index (χ3n) is 3.88. The molecule has 0 aliphatic heterocycles. The van der Waals surface area contributed by atoms with Gasteiger partial charge in [-0.05, 0) is 6.42 Å². The first-order valence-corrected chi connectivity index (χ1v) is 7.71. The number of alkyl halides is 13. The predicted octanol–water partition coefficient (Wildman–Crippen LogP) is 2.99. The fourth-order valence-electron chi connectivity index (χ4n) is 1.95. The summed E-state index contributed by atoms with van der Waals surface area (Å²) in [5.41, 5.74) is 0. The van der Waals surface area contributed by atoms with Crippen LogP contribution in [0.4, 0.5) is 57.1 Å². The Kier molecular flexibility index (Phi) is 8.48. The molecule has 0 saturated carbocycles. The summed E-state index contributed by atoms with van der Waals surface area (Å²) in [6, 6.07) is -2.19. The standard InChI is InChI=1S/C13H12F13NO5/c14-8(15,5(28)3-27-4(7(31)32)1-2-6(29)30)9(16,17)10(18,19)11(20,21)12(22,23)13(24,25)26/h4-5,27-28H,1-3H2,(H,29,30)(H,31,32)/t4-,5-/m0/s1. The number of halogens is 13. The molecule has 0 spiro atoms. The number of carboxylic acids is 2. The van der Waals surface area contributed by atoms with Crippen molar-refractivity contribution in [3.05, 3.63) is 0 Å². The van der Waals surface area contributed by atoms with Crippen molar-refractivity contribution in [2.24, 2.45) is 0 Å². The molecule has 0 fully saturated rings. The van der Waals surface area contributed by atoms with Gasteiger partial charge in [0.05, 0.1) is 0 Å². The summed E-state index contributed by atoms with van der Waals surface area (Å²) in [5, 5.41) is 27.4. The van der Waals surface area contributed by atoms with Crippen molar-refractivity contribution in [1.29, 1.82) is 0 Å². The minimum Gasteiger partial charge on any atom is -0.481 e. The number of aliphatic hydroxyl groups excluding tert-OH is 1. The average Bonchev–Trinajstić information content (AvgIpc) is 2.58. The van der Waals surface area contributed by atoms with Gasteiger partial charge in [-0.3, -0.25) is 9.59 Å².